The van der Waals surface area contributed by atoms with E-state index in [1.54, 1.807) is 19.0 Å². The van der Waals surface area contributed by atoms with Crippen molar-refractivity contribution in [3.63, 3.8) is 0 Å². The average molecular weight is 327 g/mol. The van der Waals surface area contributed by atoms with Gasteiger partial charge in [0.1, 0.15) is 0 Å². The minimum Gasteiger partial charge on any atom is -0.356 e. The molecular weight excluding hydrogens is 296 g/mol. The number of guanidine groups is 1. The summed E-state index contributed by atoms with van der Waals surface area (Å²) in [6.07, 6.45) is 7.31. The van der Waals surface area contributed by atoms with Crippen molar-refractivity contribution >= 4 is 23.6 Å². The van der Waals surface area contributed by atoms with E-state index in [1.165, 1.54) is 37.9 Å². The molecule has 0 unspecified atom stereocenters. The summed E-state index contributed by atoms with van der Waals surface area (Å²) < 4.78 is 0.438. The average Bonchev–Trinajstić information content (AvgIpc) is 2.52. The number of hydrogen-bond donors (Lipinski definition) is 1. The lowest BCUT2D eigenvalue weighted by atomic mass is 9.87. The highest BCUT2D eigenvalue weighted by Crippen LogP contribution is 2.42. The normalized spacial score (nSPS) is 21.8. The molecule has 1 saturated heterocycles. The Bertz CT molecular complexity index is 399. The van der Waals surface area contributed by atoms with Gasteiger partial charge in [0.15, 0.2) is 5.96 Å². The van der Waals surface area contributed by atoms with Crippen LogP contribution < -0.4 is 5.32 Å². The molecule has 2 aliphatic rings. The third-order valence-electron chi connectivity index (χ3n) is 4.65. The molecule has 1 heterocycles. The lowest BCUT2D eigenvalue weighted by Gasteiger charge is -2.45. The van der Waals surface area contributed by atoms with Gasteiger partial charge in [-0.1, -0.05) is 19.3 Å². The first kappa shape index (κ1) is 17.4. The molecule has 1 aliphatic carbocycles. The Kier molecular flexibility index (Phi) is 6.41. The first-order chi connectivity index (χ1) is 10.6. The van der Waals surface area contributed by atoms with E-state index in [-0.39, 0.29) is 5.91 Å². The Morgan fingerprint density at radius 2 is 2.05 bits per heavy atom. The van der Waals surface area contributed by atoms with Gasteiger partial charge in [0.2, 0.25) is 5.91 Å². The van der Waals surface area contributed by atoms with E-state index in [2.05, 4.69) is 27.0 Å². The highest BCUT2D eigenvalue weighted by molar-refractivity contribution is 8.00. The SMILES string of the molecule is CN=C(NCCC(=O)N(C)C)N1CCSC2(CCCCC2)C1. The van der Waals surface area contributed by atoms with Crippen LogP contribution in [0.15, 0.2) is 4.99 Å². The Hall–Kier alpha value is -0.910. The third-order valence-corrected chi connectivity index (χ3v) is 6.18. The summed E-state index contributed by atoms with van der Waals surface area (Å²) in [5.41, 5.74) is 0. The standard InChI is InChI=1S/C16H30N4OS/c1-17-15(18-10-7-14(21)19(2)3)20-11-12-22-16(13-20)8-5-4-6-9-16/h4-13H2,1-3H3,(H,17,18). The number of amides is 1. The van der Waals surface area contributed by atoms with Crippen molar-refractivity contribution in [2.45, 2.75) is 43.3 Å². The minimum absolute atomic E-state index is 0.154. The van der Waals surface area contributed by atoms with Crippen molar-refractivity contribution in [3.8, 4) is 0 Å². The summed E-state index contributed by atoms with van der Waals surface area (Å²) in [5, 5.41) is 3.37. The van der Waals surface area contributed by atoms with Crippen LogP contribution in [-0.2, 0) is 4.79 Å². The summed E-state index contributed by atoms with van der Waals surface area (Å²) in [6.45, 7) is 2.80. The first-order valence-corrected chi connectivity index (χ1v) is 9.35. The molecule has 0 aromatic carbocycles. The van der Waals surface area contributed by atoms with Gasteiger partial charge in [0.05, 0.1) is 0 Å². The molecule has 22 heavy (non-hydrogen) atoms. The van der Waals surface area contributed by atoms with Crippen LogP contribution in [0.4, 0.5) is 0 Å². The first-order valence-electron chi connectivity index (χ1n) is 8.36. The van der Waals surface area contributed by atoms with Gasteiger partial charge in [-0.25, -0.2) is 0 Å². The highest BCUT2D eigenvalue weighted by Gasteiger charge is 2.38. The largest absolute Gasteiger partial charge is 0.356 e. The van der Waals surface area contributed by atoms with Crippen molar-refractivity contribution in [1.82, 2.24) is 15.1 Å². The molecule has 1 aliphatic heterocycles. The van der Waals surface area contributed by atoms with Crippen molar-refractivity contribution in [2.24, 2.45) is 4.99 Å². The van der Waals surface area contributed by atoms with Gasteiger partial charge in [-0.15, -0.1) is 0 Å². The third kappa shape index (κ3) is 4.54. The molecule has 0 aromatic rings. The maximum Gasteiger partial charge on any atom is 0.223 e. The summed E-state index contributed by atoms with van der Waals surface area (Å²) in [5.74, 6) is 2.29. The number of nitrogens with one attached hydrogen (secondary N) is 1. The van der Waals surface area contributed by atoms with Crippen LogP contribution in [0.25, 0.3) is 0 Å². The predicted octanol–water partition coefficient (Wildman–Crippen LogP) is 1.79. The molecule has 2 rings (SSSR count). The van der Waals surface area contributed by atoms with Crippen molar-refractivity contribution in [2.75, 3.05) is 46.5 Å². The van der Waals surface area contributed by atoms with Crippen LogP contribution in [0.2, 0.25) is 0 Å². The number of thioether (sulfide) groups is 1. The van der Waals surface area contributed by atoms with Gasteiger partial charge >= 0.3 is 0 Å². The number of carbonyl (C=O) groups excluding carboxylic acids is 1. The molecule has 1 amide bonds. The zero-order valence-electron chi connectivity index (χ0n) is 14.2. The highest BCUT2D eigenvalue weighted by atomic mass is 32.2. The van der Waals surface area contributed by atoms with Gasteiger partial charge in [-0.2, -0.15) is 11.8 Å². The Morgan fingerprint density at radius 1 is 1.32 bits per heavy atom. The molecule has 6 heteroatoms. The van der Waals surface area contributed by atoms with Gasteiger partial charge < -0.3 is 15.1 Å². The summed E-state index contributed by atoms with van der Waals surface area (Å²) in [4.78, 5) is 20.1. The second-order valence-electron chi connectivity index (χ2n) is 6.53. The summed E-state index contributed by atoms with van der Waals surface area (Å²) in [6, 6.07) is 0. The molecule has 1 saturated carbocycles. The van der Waals surface area contributed by atoms with Gasteiger partial charge in [-0.3, -0.25) is 9.79 Å². The number of nitrogens with zero attached hydrogens (tertiary/aromatic N) is 3. The zero-order valence-corrected chi connectivity index (χ0v) is 15.0. The maximum atomic E-state index is 11.7. The second kappa shape index (κ2) is 8.09. The number of carbonyl (C=O) groups is 1. The van der Waals surface area contributed by atoms with Crippen LogP contribution in [0.1, 0.15) is 38.5 Å². The summed E-state index contributed by atoms with van der Waals surface area (Å²) in [7, 11) is 5.43. The van der Waals surface area contributed by atoms with E-state index in [0.717, 1.165) is 19.0 Å². The number of hydrogen-bond acceptors (Lipinski definition) is 3. The summed E-state index contributed by atoms with van der Waals surface area (Å²) >= 11 is 2.17. The molecule has 0 aromatic heterocycles. The molecular formula is C16H30N4OS. The smallest absolute Gasteiger partial charge is 0.223 e. The van der Waals surface area contributed by atoms with E-state index < -0.39 is 0 Å². The molecule has 0 radical (unpaired) electrons. The molecule has 1 N–H and O–H groups in total. The molecule has 0 atom stereocenters. The fourth-order valence-electron chi connectivity index (χ4n) is 3.36. The van der Waals surface area contributed by atoms with Crippen LogP contribution in [0.5, 0.6) is 0 Å². The van der Waals surface area contributed by atoms with E-state index in [4.69, 9.17) is 0 Å². The van der Waals surface area contributed by atoms with E-state index in [1.807, 2.05) is 7.05 Å². The van der Waals surface area contributed by atoms with Crippen molar-refractivity contribution in [3.05, 3.63) is 0 Å². The molecule has 5 nitrogen and oxygen atoms in total. The Balaban J connectivity index is 1.86. The van der Waals surface area contributed by atoms with Crippen molar-refractivity contribution < 1.29 is 4.79 Å². The van der Waals surface area contributed by atoms with Crippen molar-refractivity contribution in [1.29, 1.82) is 0 Å². The lowest BCUT2D eigenvalue weighted by molar-refractivity contribution is -0.128. The fraction of sp³-hybridized carbons (Fsp3) is 0.875. The predicted molar refractivity (Wildman–Crippen MR) is 94.5 cm³/mol. The molecule has 126 valence electrons. The monoisotopic (exact) mass is 326 g/mol. The number of aliphatic imine (C=N–C) groups is 1. The second-order valence-corrected chi connectivity index (χ2v) is 8.09. The molecule has 2 fully saturated rings. The zero-order chi connectivity index (χ0) is 16.0. The van der Waals surface area contributed by atoms with Gasteiger partial charge in [-0.05, 0) is 12.8 Å². The maximum absolute atomic E-state index is 11.7. The Labute approximate surface area is 138 Å². The lowest BCUT2D eigenvalue weighted by Crippen LogP contribution is -2.53. The van der Waals surface area contributed by atoms with Crippen LogP contribution >= 0.6 is 11.8 Å². The van der Waals surface area contributed by atoms with E-state index in [0.29, 0.717) is 17.7 Å². The fourth-order valence-corrected chi connectivity index (χ4v) is 4.93. The van der Waals surface area contributed by atoms with E-state index in [9.17, 15) is 4.79 Å². The molecule has 1 spiro atoms. The van der Waals surface area contributed by atoms with Crippen LogP contribution in [0.3, 0.4) is 0 Å². The van der Waals surface area contributed by atoms with Gasteiger partial charge in [0, 0.05) is 57.7 Å². The topological polar surface area (TPSA) is 47.9 Å². The minimum atomic E-state index is 0.154. The Morgan fingerprint density at radius 3 is 2.68 bits per heavy atom. The molecule has 0 bridgehead atoms. The number of rotatable bonds is 3. The van der Waals surface area contributed by atoms with Crippen LogP contribution in [-0.4, -0.2) is 72.9 Å². The quantitative estimate of drug-likeness (QED) is 0.634. The van der Waals surface area contributed by atoms with Gasteiger partial charge in [0.25, 0.3) is 0 Å². The van der Waals surface area contributed by atoms with E-state index >= 15 is 0 Å². The van der Waals surface area contributed by atoms with Crippen LogP contribution in [0, 0.1) is 0 Å².